The van der Waals surface area contributed by atoms with Crippen LogP contribution in [0.3, 0.4) is 0 Å². The lowest BCUT2D eigenvalue weighted by Gasteiger charge is -2.28. The van der Waals surface area contributed by atoms with Crippen molar-refractivity contribution in [1.82, 2.24) is 19.9 Å². The molecule has 11 heteroatoms. The summed E-state index contributed by atoms with van der Waals surface area (Å²) in [6.07, 6.45) is 2.72. The number of anilines is 2. The predicted molar refractivity (Wildman–Crippen MR) is 99.0 cm³/mol. The van der Waals surface area contributed by atoms with Crippen LogP contribution in [0.5, 0.6) is 0 Å². The van der Waals surface area contributed by atoms with Gasteiger partial charge in [0, 0.05) is 31.1 Å². The molecule has 2 N–H and O–H groups in total. The summed E-state index contributed by atoms with van der Waals surface area (Å²) in [6, 6.07) is 3.44. The van der Waals surface area contributed by atoms with Crippen LogP contribution >= 0.6 is 11.3 Å². The lowest BCUT2D eigenvalue weighted by molar-refractivity contribution is 0.122. The van der Waals surface area contributed by atoms with Gasteiger partial charge in [-0.2, -0.15) is 0 Å². The van der Waals surface area contributed by atoms with E-state index in [0.717, 1.165) is 17.6 Å². The van der Waals surface area contributed by atoms with E-state index in [1.54, 1.807) is 18.3 Å². The Morgan fingerprint density at radius 2 is 1.96 bits per heavy atom. The number of pyridine rings is 1. The van der Waals surface area contributed by atoms with Crippen molar-refractivity contribution >= 4 is 43.2 Å². The molecule has 0 unspecified atom stereocenters. The zero-order chi connectivity index (χ0) is 18.3. The SMILES string of the molecule is CS(=O)(=O)c1nc2nc(-c3ccc(N)nc3)nc(N3CCOCC3)c2s1. The topological polar surface area (TPSA) is 124 Å². The number of morpholine rings is 1. The summed E-state index contributed by atoms with van der Waals surface area (Å²) in [5.41, 5.74) is 6.69. The zero-order valence-corrected chi connectivity index (χ0v) is 15.5. The first kappa shape index (κ1) is 17.1. The lowest BCUT2D eigenvalue weighted by Crippen LogP contribution is -2.36. The van der Waals surface area contributed by atoms with Crippen molar-refractivity contribution in [3.05, 3.63) is 18.3 Å². The number of nitrogens with two attached hydrogens (primary N) is 1. The molecule has 136 valence electrons. The first-order chi connectivity index (χ1) is 12.4. The van der Waals surface area contributed by atoms with Crippen LogP contribution in [-0.4, -0.2) is 60.9 Å². The number of ether oxygens (including phenoxy) is 1. The number of rotatable bonds is 3. The molecule has 0 spiro atoms. The van der Waals surface area contributed by atoms with Gasteiger partial charge in [-0.25, -0.2) is 28.4 Å². The highest BCUT2D eigenvalue weighted by molar-refractivity contribution is 7.92. The fourth-order valence-corrected chi connectivity index (χ4v) is 4.47. The van der Waals surface area contributed by atoms with E-state index in [-0.39, 0.29) is 4.34 Å². The first-order valence-corrected chi connectivity index (χ1v) is 10.6. The third kappa shape index (κ3) is 3.20. The second kappa shape index (κ2) is 6.41. The van der Waals surface area contributed by atoms with Gasteiger partial charge in [-0.1, -0.05) is 11.3 Å². The number of aromatic nitrogens is 4. The highest BCUT2D eigenvalue weighted by Crippen LogP contribution is 2.34. The summed E-state index contributed by atoms with van der Waals surface area (Å²) < 4.78 is 29.9. The third-order valence-corrected chi connectivity index (χ3v) is 6.61. The van der Waals surface area contributed by atoms with Gasteiger partial charge >= 0.3 is 0 Å². The molecular weight excluding hydrogens is 376 g/mol. The van der Waals surface area contributed by atoms with Crippen LogP contribution in [0.2, 0.25) is 0 Å². The summed E-state index contributed by atoms with van der Waals surface area (Å²) in [5, 5.41) is 0. The molecule has 0 atom stereocenters. The smallest absolute Gasteiger partial charge is 0.211 e. The highest BCUT2D eigenvalue weighted by atomic mass is 32.2. The second-order valence-electron chi connectivity index (χ2n) is 5.85. The monoisotopic (exact) mass is 392 g/mol. The van der Waals surface area contributed by atoms with Crippen molar-refractivity contribution in [2.75, 3.05) is 43.2 Å². The van der Waals surface area contributed by atoms with Gasteiger partial charge in [0.2, 0.25) is 14.2 Å². The number of nitrogens with zero attached hydrogens (tertiary/aromatic N) is 5. The molecule has 1 saturated heterocycles. The molecule has 1 aliphatic rings. The van der Waals surface area contributed by atoms with Crippen molar-refractivity contribution in [2.24, 2.45) is 0 Å². The summed E-state index contributed by atoms with van der Waals surface area (Å²) in [6.45, 7) is 2.50. The number of hydrogen-bond acceptors (Lipinski definition) is 10. The minimum atomic E-state index is -3.43. The molecular formula is C15H16N6O3S2. The quantitative estimate of drug-likeness (QED) is 0.694. The first-order valence-electron chi connectivity index (χ1n) is 7.85. The largest absolute Gasteiger partial charge is 0.384 e. The fourth-order valence-electron chi connectivity index (χ4n) is 2.61. The van der Waals surface area contributed by atoms with Gasteiger partial charge in [0.1, 0.15) is 10.5 Å². The molecule has 0 aliphatic carbocycles. The van der Waals surface area contributed by atoms with Gasteiger partial charge in [-0.3, -0.25) is 0 Å². The second-order valence-corrected chi connectivity index (χ2v) is 9.04. The van der Waals surface area contributed by atoms with Gasteiger partial charge in [0.05, 0.1) is 13.2 Å². The molecule has 3 aromatic heterocycles. The molecule has 0 saturated carbocycles. The molecule has 9 nitrogen and oxygen atoms in total. The Morgan fingerprint density at radius 3 is 2.62 bits per heavy atom. The van der Waals surface area contributed by atoms with Crippen molar-refractivity contribution in [1.29, 1.82) is 0 Å². The Labute approximate surface area is 153 Å². The molecule has 26 heavy (non-hydrogen) atoms. The summed E-state index contributed by atoms with van der Waals surface area (Å²) in [4.78, 5) is 19.5. The van der Waals surface area contributed by atoms with E-state index in [2.05, 4.69) is 24.8 Å². The van der Waals surface area contributed by atoms with Crippen molar-refractivity contribution in [3.8, 4) is 11.4 Å². The van der Waals surface area contributed by atoms with E-state index in [1.165, 1.54) is 0 Å². The van der Waals surface area contributed by atoms with Crippen molar-refractivity contribution < 1.29 is 13.2 Å². The fraction of sp³-hybridized carbons (Fsp3) is 0.333. The van der Waals surface area contributed by atoms with E-state index in [0.29, 0.717) is 59.7 Å². The Kier molecular flexibility index (Phi) is 4.21. The summed E-state index contributed by atoms with van der Waals surface area (Å²) in [5.74, 6) is 1.49. The Hall–Kier alpha value is -2.37. The van der Waals surface area contributed by atoms with Crippen LogP contribution in [0.15, 0.2) is 22.7 Å². The van der Waals surface area contributed by atoms with Crippen LogP contribution in [0.25, 0.3) is 21.7 Å². The molecule has 1 fully saturated rings. The van der Waals surface area contributed by atoms with Crippen LogP contribution < -0.4 is 10.6 Å². The maximum atomic E-state index is 11.9. The van der Waals surface area contributed by atoms with Gasteiger partial charge in [-0.05, 0) is 12.1 Å². The molecule has 4 heterocycles. The van der Waals surface area contributed by atoms with Crippen molar-refractivity contribution in [3.63, 3.8) is 0 Å². The number of fused-ring (bicyclic) bond motifs is 1. The Bertz CT molecular complexity index is 1060. The van der Waals surface area contributed by atoms with E-state index in [9.17, 15) is 8.42 Å². The molecule has 0 radical (unpaired) electrons. The van der Waals surface area contributed by atoms with E-state index in [1.807, 2.05) is 0 Å². The zero-order valence-electron chi connectivity index (χ0n) is 13.9. The van der Waals surface area contributed by atoms with Gasteiger partial charge in [-0.15, -0.1) is 0 Å². The van der Waals surface area contributed by atoms with E-state index in [4.69, 9.17) is 10.5 Å². The number of hydrogen-bond donors (Lipinski definition) is 1. The maximum Gasteiger partial charge on any atom is 0.211 e. The van der Waals surface area contributed by atoms with Gasteiger partial charge < -0.3 is 15.4 Å². The predicted octanol–water partition coefficient (Wildman–Crippen LogP) is 0.971. The summed E-state index contributed by atoms with van der Waals surface area (Å²) >= 11 is 1.09. The summed E-state index contributed by atoms with van der Waals surface area (Å²) in [7, 11) is -3.43. The minimum absolute atomic E-state index is 0.0314. The van der Waals surface area contributed by atoms with Crippen molar-refractivity contribution in [2.45, 2.75) is 4.34 Å². The lowest BCUT2D eigenvalue weighted by atomic mass is 10.2. The average molecular weight is 392 g/mol. The van der Waals surface area contributed by atoms with E-state index >= 15 is 0 Å². The number of nitrogen functional groups attached to an aromatic ring is 1. The molecule has 0 aromatic carbocycles. The maximum absolute atomic E-state index is 11.9. The normalized spacial score (nSPS) is 15.5. The Morgan fingerprint density at radius 1 is 1.19 bits per heavy atom. The molecule has 0 amide bonds. The van der Waals surface area contributed by atoms with E-state index < -0.39 is 9.84 Å². The van der Waals surface area contributed by atoms with Crippen LogP contribution in [-0.2, 0) is 14.6 Å². The Balaban J connectivity index is 1.92. The molecule has 1 aliphatic heterocycles. The highest BCUT2D eigenvalue weighted by Gasteiger charge is 2.23. The van der Waals surface area contributed by atoms with Crippen LogP contribution in [0.4, 0.5) is 11.6 Å². The standard InChI is InChI=1S/C15H16N6O3S2/c1-26(22,23)15-20-13-11(25-15)14(21-4-6-24-7-5-21)19-12(18-13)9-2-3-10(16)17-8-9/h2-3,8H,4-7H2,1H3,(H2,16,17). The minimum Gasteiger partial charge on any atom is -0.384 e. The number of thiazole rings is 1. The molecule has 3 aromatic rings. The number of sulfone groups is 1. The van der Waals surface area contributed by atoms with Gasteiger partial charge in [0.25, 0.3) is 0 Å². The average Bonchev–Trinajstić information content (AvgIpc) is 3.07. The van der Waals surface area contributed by atoms with Crippen LogP contribution in [0, 0.1) is 0 Å². The van der Waals surface area contributed by atoms with Crippen LogP contribution in [0.1, 0.15) is 0 Å². The molecule has 4 rings (SSSR count). The van der Waals surface area contributed by atoms with Gasteiger partial charge in [0.15, 0.2) is 17.3 Å². The third-order valence-electron chi connectivity index (χ3n) is 3.89. The molecule has 0 bridgehead atoms.